The summed E-state index contributed by atoms with van der Waals surface area (Å²) < 4.78 is 9.82. The second kappa shape index (κ2) is 13.1. The minimum atomic E-state index is 0.652. The minimum Gasteiger partial charge on any atom is -0.309 e. The monoisotopic (exact) mass is 842 g/mol. The third-order valence-electron chi connectivity index (χ3n) is 12.4. The molecule has 9 aromatic carbocycles. The molecule has 4 nitrogen and oxygen atoms in total. The zero-order valence-corrected chi connectivity index (χ0v) is 35.3. The average molecular weight is 843 g/mol. The molecule has 0 N–H and O–H groups in total. The van der Waals surface area contributed by atoms with Crippen LogP contribution in [-0.2, 0) is 0 Å². The van der Waals surface area contributed by atoms with E-state index in [1.165, 1.54) is 82.2 Å². The van der Waals surface area contributed by atoms with Crippen molar-refractivity contribution in [1.82, 2.24) is 19.5 Å². The van der Waals surface area contributed by atoms with Gasteiger partial charge < -0.3 is 4.57 Å². The number of hydrogen-bond acceptors (Lipinski definition) is 6. The van der Waals surface area contributed by atoms with Gasteiger partial charge in [0.15, 0.2) is 17.5 Å². The van der Waals surface area contributed by atoms with Crippen LogP contribution in [0.25, 0.3) is 133 Å². The highest BCUT2D eigenvalue weighted by Crippen LogP contribution is 2.44. The van der Waals surface area contributed by atoms with Gasteiger partial charge in [0.1, 0.15) is 0 Å². The van der Waals surface area contributed by atoms with Crippen molar-refractivity contribution in [1.29, 1.82) is 0 Å². The van der Waals surface area contributed by atoms with Crippen molar-refractivity contribution in [2.24, 2.45) is 0 Å². The summed E-state index contributed by atoms with van der Waals surface area (Å²) in [6, 6.07) is 66.1. The van der Waals surface area contributed by atoms with E-state index in [-0.39, 0.29) is 0 Å². The fourth-order valence-electron chi connectivity index (χ4n) is 9.56. The van der Waals surface area contributed by atoms with Gasteiger partial charge in [-0.1, -0.05) is 121 Å². The Morgan fingerprint density at radius 1 is 0.323 bits per heavy atom. The molecule has 0 radical (unpaired) electrons. The van der Waals surface area contributed by atoms with Crippen molar-refractivity contribution in [3.05, 3.63) is 182 Å². The van der Waals surface area contributed by atoms with Crippen molar-refractivity contribution in [3.63, 3.8) is 0 Å². The molecule has 7 heteroatoms. The summed E-state index contributed by atoms with van der Waals surface area (Å²) in [5, 5.41) is 12.3. The standard InChI is InChI=1S/C55H30N4S3/c1-2-12-32-26-45-42(25-31(32)11-1)36-13-3-7-17-44(36)59(45)35-29-43(52-41-16-6-10-20-48(41)62-51(52)30-35)55-57-53(33-21-23-39-37-14-4-8-18-46(37)60-49(39)27-33)56-54(58-55)34-22-24-40-38-15-5-9-19-47(38)61-50(40)28-34/h1-30H. The van der Waals surface area contributed by atoms with Gasteiger partial charge in [0.05, 0.1) is 11.0 Å². The zero-order chi connectivity index (χ0) is 40.5. The summed E-state index contributed by atoms with van der Waals surface area (Å²) in [6.45, 7) is 0. The maximum atomic E-state index is 5.46. The highest BCUT2D eigenvalue weighted by Gasteiger charge is 2.22. The molecule has 0 aliphatic rings. The van der Waals surface area contributed by atoms with Gasteiger partial charge in [-0.2, -0.15) is 0 Å². The number of fused-ring (bicyclic) bond motifs is 13. The highest BCUT2D eigenvalue weighted by atomic mass is 32.1. The first-order valence-corrected chi connectivity index (χ1v) is 23.1. The SMILES string of the molecule is c1ccc2cc3c(cc2c1)c1ccccc1n3-c1cc(-c2nc(-c3ccc4c(c3)sc3ccccc34)nc(-c3ccc4c(c3)sc3ccccc34)n2)c2c(c1)sc1ccccc12. The van der Waals surface area contributed by atoms with E-state index >= 15 is 0 Å². The summed E-state index contributed by atoms with van der Waals surface area (Å²) in [7, 11) is 0. The highest BCUT2D eigenvalue weighted by molar-refractivity contribution is 7.26. The number of para-hydroxylation sites is 1. The van der Waals surface area contributed by atoms with Crippen LogP contribution >= 0.6 is 34.0 Å². The number of aromatic nitrogens is 4. The molecule has 0 spiro atoms. The quantitative estimate of drug-likeness (QED) is 0.177. The number of hydrogen-bond donors (Lipinski definition) is 0. The lowest BCUT2D eigenvalue weighted by molar-refractivity contribution is 1.08. The normalized spacial score (nSPS) is 12.2. The third-order valence-corrected chi connectivity index (χ3v) is 15.8. The fourth-order valence-corrected chi connectivity index (χ4v) is 13.0. The molecule has 14 aromatic rings. The molecule has 0 atom stereocenters. The van der Waals surface area contributed by atoms with E-state index in [9.17, 15) is 0 Å². The van der Waals surface area contributed by atoms with Gasteiger partial charge in [-0.25, -0.2) is 15.0 Å². The summed E-state index contributed by atoms with van der Waals surface area (Å²) >= 11 is 5.44. The number of benzene rings is 9. The first-order valence-electron chi connectivity index (χ1n) is 20.7. The predicted molar refractivity (Wildman–Crippen MR) is 267 cm³/mol. The number of thiophene rings is 3. The summed E-state index contributed by atoms with van der Waals surface area (Å²) in [5.41, 5.74) is 6.32. The molecule has 14 rings (SSSR count). The van der Waals surface area contributed by atoms with E-state index in [1.54, 1.807) is 0 Å². The van der Waals surface area contributed by atoms with Crippen LogP contribution in [0.4, 0.5) is 0 Å². The third kappa shape index (κ3) is 5.13. The lowest BCUT2D eigenvalue weighted by atomic mass is 10.0. The summed E-state index contributed by atoms with van der Waals surface area (Å²) in [6.07, 6.45) is 0. The largest absolute Gasteiger partial charge is 0.309 e. The Hall–Kier alpha value is -7.29. The fraction of sp³-hybridized carbons (Fsp3) is 0. The Balaban J connectivity index is 1.06. The first kappa shape index (κ1) is 34.4. The summed E-state index contributed by atoms with van der Waals surface area (Å²) in [4.78, 5) is 16.2. The van der Waals surface area contributed by atoms with Gasteiger partial charge in [-0.05, 0) is 71.4 Å². The molecule has 288 valence electrons. The van der Waals surface area contributed by atoms with E-state index in [4.69, 9.17) is 15.0 Å². The molecule has 0 amide bonds. The lowest BCUT2D eigenvalue weighted by Gasteiger charge is -2.14. The molecule has 0 aliphatic carbocycles. The van der Waals surface area contributed by atoms with E-state index in [1.807, 2.05) is 34.0 Å². The van der Waals surface area contributed by atoms with E-state index in [2.05, 4.69) is 187 Å². The average Bonchev–Trinajstić information content (AvgIpc) is 4.08. The van der Waals surface area contributed by atoms with Gasteiger partial charge >= 0.3 is 0 Å². The number of nitrogens with zero attached hydrogens (tertiary/aromatic N) is 4. The molecule has 5 heterocycles. The molecule has 5 aromatic heterocycles. The second-order valence-corrected chi connectivity index (χ2v) is 19.2. The van der Waals surface area contributed by atoms with E-state index in [0.717, 1.165) is 33.3 Å². The Morgan fingerprint density at radius 3 is 1.48 bits per heavy atom. The number of rotatable bonds is 4. The van der Waals surface area contributed by atoms with Crippen LogP contribution in [0.1, 0.15) is 0 Å². The summed E-state index contributed by atoms with van der Waals surface area (Å²) in [5.74, 6) is 1.96. The van der Waals surface area contributed by atoms with E-state index in [0.29, 0.717) is 17.5 Å². The molecule has 0 bridgehead atoms. The zero-order valence-electron chi connectivity index (χ0n) is 32.8. The molecule has 62 heavy (non-hydrogen) atoms. The molecule has 0 saturated carbocycles. The maximum Gasteiger partial charge on any atom is 0.164 e. The topological polar surface area (TPSA) is 43.6 Å². The van der Waals surface area contributed by atoms with Crippen LogP contribution in [-0.4, -0.2) is 19.5 Å². The van der Waals surface area contributed by atoms with Gasteiger partial charge in [0, 0.05) is 93.7 Å². The second-order valence-electron chi connectivity index (χ2n) is 16.0. The predicted octanol–water partition coefficient (Wildman–Crippen LogP) is 16.2. The molecular formula is C55H30N4S3. The lowest BCUT2D eigenvalue weighted by Crippen LogP contribution is -2.01. The Labute approximate surface area is 366 Å². The molecule has 0 aliphatic heterocycles. The van der Waals surface area contributed by atoms with Crippen molar-refractivity contribution in [3.8, 4) is 39.9 Å². The first-order chi connectivity index (χ1) is 30.7. The van der Waals surface area contributed by atoms with Crippen molar-refractivity contribution in [2.75, 3.05) is 0 Å². The van der Waals surface area contributed by atoms with Crippen LogP contribution < -0.4 is 0 Å². The molecule has 0 fully saturated rings. The van der Waals surface area contributed by atoms with Gasteiger partial charge in [0.2, 0.25) is 0 Å². The molecule has 0 saturated heterocycles. The molecular weight excluding hydrogens is 813 g/mol. The minimum absolute atomic E-state index is 0.652. The van der Waals surface area contributed by atoms with E-state index < -0.39 is 0 Å². The Kier molecular flexibility index (Phi) is 7.28. The van der Waals surface area contributed by atoms with Crippen molar-refractivity contribution < 1.29 is 0 Å². The Morgan fingerprint density at radius 2 is 0.823 bits per heavy atom. The van der Waals surface area contributed by atoms with Crippen LogP contribution in [0.5, 0.6) is 0 Å². The van der Waals surface area contributed by atoms with Crippen molar-refractivity contribution >= 4 is 127 Å². The van der Waals surface area contributed by atoms with Crippen LogP contribution in [0.3, 0.4) is 0 Å². The maximum absolute atomic E-state index is 5.46. The van der Waals surface area contributed by atoms with Crippen LogP contribution in [0, 0.1) is 0 Å². The van der Waals surface area contributed by atoms with Crippen LogP contribution in [0.2, 0.25) is 0 Å². The Bertz CT molecular complexity index is 4060. The smallest absolute Gasteiger partial charge is 0.164 e. The van der Waals surface area contributed by atoms with Gasteiger partial charge in [-0.3, -0.25) is 0 Å². The van der Waals surface area contributed by atoms with Crippen molar-refractivity contribution in [2.45, 2.75) is 0 Å². The molecule has 0 unspecified atom stereocenters. The van der Waals surface area contributed by atoms with Gasteiger partial charge in [-0.15, -0.1) is 34.0 Å². The van der Waals surface area contributed by atoms with Crippen LogP contribution in [0.15, 0.2) is 182 Å². The van der Waals surface area contributed by atoms with Gasteiger partial charge in [0.25, 0.3) is 0 Å².